The molecule has 0 bridgehead atoms. The van der Waals surface area contributed by atoms with Crippen LogP contribution in [0.3, 0.4) is 0 Å². The number of aromatic nitrogens is 3. The van der Waals surface area contributed by atoms with Crippen LogP contribution in [0.2, 0.25) is 0 Å². The Hall–Kier alpha value is -1.67. The van der Waals surface area contributed by atoms with Crippen LogP contribution in [0.1, 0.15) is 5.76 Å². The molecule has 0 aromatic carbocycles. The van der Waals surface area contributed by atoms with E-state index in [0.717, 1.165) is 0 Å². The standard InChI is InChI=1S/C7H8N4O3S/c12-15(13,7-4-8-5-9-7)11-3-6-1-2-10-14-6/h1-2,4-5,11H,3H2,(H,8,9). The molecule has 0 radical (unpaired) electrons. The molecule has 0 unspecified atom stereocenters. The van der Waals surface area contributed by atoms with Crippen molar-refractivity contribution in [3.05, 3.63) is 30.5 Å². The SMILES string of the molecule is O=S(=O)(NCc1ccno1)c1cnc[nH]1. The Morgan fingerprint density at radius 2 is 2.40 bits per heavy atom. The second-order valence-electron chi connectivity index (χ2n) is 2.72. The maximum absolute atomic E-state index is 11.5. The summed E-state index contributed by atoms with van der Waals surface area (Å²) < 4.78 is 30.2. The van der Waals surface area contributed by atoms with Gasteiger partial charge in [-0.3, -0.25) is 0 Å². The van der Waals surface area contributed by atoms with E-state index in [1.165, 1.54) is 18.7 Å². The van der Waals surface area contributed by atoms with Crippen LogP contribution >= 0.6 is 0 Å². The summed E-state index contributed by atoms with van der Waals surface area (Å²) in [5.74, 6) is 0.443. The first-order valence-corrected chi connectivity index (χ1v) is 5.54. The number of nitrogens with one attached hydrogen (secondary N) is 2. The smallest absolute Gasteiger partial charge is 0.258 e. The topological polar surface area (TPSA) is 101 Å². The zero-order valence-electron chi connectivity index (χ0n) is 7.54. The predicted molar refractivity (Wildman–Crippen MR) is 49.1 cm³/mol. The zero-order chi connectivity index (χ0) is 10.7. The minimum absolute atomic E-state index is 0.0158. The van der Waals surface area contributed by atoms with Gasteiger partial charge in [-0.2, -0.15) is 0 Å². The van der Waals surface area contributed by atoms with Gasteiger partial charge in [-0.25, -0.2) is 18.1 Å². The average molecular weight is 228 g/mol. The molecular formula is C7H8N4O3S. The molecule has 0 spiro atoms. The number of sulfonamides is 1. The molecule has 2 heterocycles. The number of imidazole rings is 1. The van der Waals surface area contributed by atoms with Crippen molar-refractivity contribution in [2.75, 3.05) is 0 Å². The van der Waals surface area contributed by atoms with Gasteiger partial charge in [-0.15, -0.1) is 0 Å². The van der Waals surface area contributed by atoms with Gasteiger partial charge in [0.15, 0.2) is 10.8 Å². The predicted octanol–water partition coefficient (Wildman–Crippen LogP) is -0.124. The first-order valence-electron chi connectivity index (χ1n) is 4.06. The summed E-state index contributed by atoms with van der Waals surface area (Å²) in [5, 5.41) is 3.47. The van der Waals surface area contributed by atoms with Gasteiger partial charge in [0.2, 0.25) is 0 Å². The van der Waals surface area contributed by atoms with Crippen LogP contribution in [-0.2, 0) is 16.6 Å². The molecule has 0 amide bonds. The van der Waals surface area contributed by atoms with Crippen LogP contribution in [0, 0.1) is 0 Å². The van der Waals surface area contributed by atoms with Crippen LogP contribution in [-0.4, -0.2) is 23.5 Å². The van der Waals surface area contributed by atoms with Crippen molar-refractivity contribution in [3.63, 3.8) is 0 Å². The van der Waals surface area contributed by atoms with E-state index >= 15 is 0 Å². The third-order valence-corrected chi connectivity index (χ3v) is 3.02. The lowest BCUT2D eigenvalue weighted by Gasteiger charge is -2.00. The van der Waals surface area contributed by atoms with Gasteiger partial charge in [0.05, 0.1) is 25.3 Å². The lowest BCUT2D eigenvalue weighted by molar-refractivity contribution is 0.380. The Balaban J connectivity index is 2.06. The normalized spacial score (nSPS) is 11.7. The van der Waals surface area contributed by atoms with Crippen molar-refractivity contribution >= 4 is 10.0 Å². The van der Waals surface area contributed by atoms with Crippen LogP contribution in [0.4, 0.5) is 0 Å². The van der Waals surface area contributed by atoms with E-state index in [-0.39, 0.29) is 11.6 Å². The highest BCUT2D eigenvalue weighted by Gasteiger charge is 2.15. The fourth-order valence-electron chi connectivity index (χ4n) is 0.967. The number of hydrogen-bond donors (Lipinski definition) is 2. The molecule has 0 aliphatic rings. The van der Waals surface area contributed by atoms with Gasteiger partial charge in [0.1, 0.15) is 0 Å². The van der Waals surface area contributed by atoms with Crippen LogP contribution in [0.25, 0.3) is 0 Å². The lowest BCUT2D eigenvalue weighted by atomic mass is 10.5. The molecule has 2 rings (SSSR count). The minimum Gasteiger partial charge on any atom is -0.360 e. The van der Waals surface area contributed by atoms with E-state index in [1.807, 2.05) is 0 Å². The molecule has 15 heavy (non-hydrogen) atoms. The molecule has 0 aliphatic carbocycles. The fraction of sp³-hybridized carbons (Fsp3) is 0.143. The third kappa shape index (κ3) is 2.22. The quantitative estimate of drug-likeness (QED) is 0.759. The Bertz CT molecular complexity index is 502. The van der Waals surface area contributed by atoms with Gasteiger partial charge in [0, 0.05) is 6.07 Å². The van der Waals surface area contributed by atoms with Crippen molar-refractivity contribution in [1.29, 1.82) is 0 Å². The maximum atomic E-state index is 11.5. The summed E-state index contributed by atoms with van der Waals surface area (Å²) in [6.45, 7) is 0.0569. The Morgan fingerprint density at radius 3 is 3.00 bits per heavy atom. The van der Waals surface area contributed by atoms with Gasteiger partial charge in [0.25, 0.3) is 10.0 Å². The summed E-state index contributed by atoms with van der Waals surface area (Å²) >= 11 is 0. The lowest BCUT2D eigenvalue weighted by Crippen LogP contribution is -2.23. The van der Waals surface area contributed by atoms with E-state index in [1.54, 1.807) is 6.07 Å². The molecule has 0 aliphatic heterocycles. The number of rotatable bonds is 4. The second-order valence-corrected chi connectivity index (χ2v) is 4.45. The fourth-order valence-corrected chi connectivity index (χ4v) is 1.86. The third-order valence-electron chi connectivity index (χ3n) is 1.69. The number of aromatic amines is 1. The molecular weight excluding hydrogens is 220 g/mol. The number of H-pyrrole nitrogens is 1. The maximum Gasteiger partial charge on any atom is 0.258 e. The highest BCUT2D eigenvalue weighted by atomic mass is 32.2. The van der Waals surface area contributed by atoms with Crippen molar-refractivity contribution in [3.8, 4) is 0 Å². The van der Waals surface area contributed by atoms with Crippen molar-refractivity contribution in [1.82, 2.24) is 19.8 Å². The van der Waals surface area contributed by atoms with Gasteiger partial charge in [-0.1, -0.05) is 5.16 Å². The highest BCUT2D eigenvalue weighted by molar-refractivity contribution is 7.89. The summed E-state index contributed by atoms with van der Waals surface area (Å²) in [4.78, 5) is 6.12. The molecule has 2 N–H and O–H groups in total. The van der Waals surface area contributed by atoms with Gasteiger partial charge >= 0.3 is 0 Å². The molecule has 0 atom stereocenters. The second kappa shape index (κ2) is 3.83. The number of nitrogens with zero attached hydrogens (tertiary/aromatic N) is 2. The Morgan fingerprint density at radius 1 is 1.53 bits per heavy atom. The molecule has 0 saturated heterocycles. The zero-order valence-corrected chi connectivity index (χ0v) is 8.36. The molecule has 2 aromatic rings. The molecule has 8 heteroatoms. The Kier molecular flexibility index (Phi) is 2.52. The highest BCUT2D eigenvalue weighted by Crippen LogP contribution is 2.04. The van der Waals surface area contributed by atoms with E-state index in [4.69, 9.17) is 4.52 Å². The molecule has 0 saturated carbocycles. The summed E-state index contributed by atoms with van der Waals surface area (Å²) in [5.41, 5.74) is 0. The van der Waals surface area contributed by atoms with Gasteiger partial charge in [-0.05, 0) is 0 Å². The summed E-state index contributed by atoms with van der Waals surface area (Å²) in [6, 6.07) is 1.58. The molecule has 80 valence electrons. The van der Waals surface area contributed by atoms with Crippen LogP contribution < -0.4 is 4.72 Å². The van der Waals surface area contributed by atoms with E-state index in [9.17, 15) is 8.42 Å². The number of hydrogen-bond acceptors (Lipinski definition) is 5. The van der Waals surface area contributed by atoms with E-state index in [2.05, 4.69) is 19.8 Å². The molecule has 0 fully saturated rings. The van der Waals surface area contributed by atoms with Gasteiger partial charge < -0.3 is 9.51 Å². The Labute approximate surface area is 85.6 Å². The summed E-state index contributed by atoms with van der Waals surface area (Å²) in [6.07, 6.45) is 3.96. The molecule has 2 aromatic heterocycles. The molecule has 7 nitrogen and oxygen atoms in total. The van der Waals surface area contributed by atoms with Crippen molar-refractivity contribution < 1.29 is 12.9 Å². The monoisotopic (exact) mass is 228 g/mol. The van der Waals surface area contributed by atoms with E-state index in [0.29, 0.717) is 5.76 Å². The average Bonchev–Trinajstić information content (AvgIpc) is 2.88. The van der Waals surface area contributed by atoms with Crippen LogP contribution in [0.15, 0.2) is 34.3 Å². The van der Waals surface area contributed by atoms with Crippen molar-refractivity contribution in [2.45, 2.75) is 11.6 Å². The first kappa shape index (κ1) is 9.87. The summed E-state index contributed by atoms with van der Waals surface area (Å²) in [7, 11) is -3.55. The largest absolute Gasteiger partial charge is 0.360 e. The minimum atomic E-state index is -3.55. The van der Waals surface area contributed by atoms with E-state index < -0.39 is 10.0 Å². The first-order chi connectivity index (χ1) is 7.18. The van der Waals surface area contributed by atoms with Crippen molar-refractivity contribution in [2.24, 2.45) is 0 Å². The van der Waals surface area contributed by atoms with Crippen LogP contribution in [0.5, 0.6) is 0 Å².